The van der Waals surface area contributed by atoms with Gasteiger partial charge >= 0.3 is 5.97 Å². The second-order valence-corrected chi connectivity index (χ2v) is 5.77. The molecule has 0 fully saturated rings. The van der Waals surface area contributed by atoms with E-state index in [0.29, 0.717) is 5.69 Å². The zero-order valence-electron chi connectivity index (χ0n) is 12.1. The topological polar surface area (TPSA) is 55.4 Å². The lowest BCUT2D eigenvalue weighted by Gasteiger charge is -2.12. The standard InChI is InChI=1S/C16H13ClFNO3S/c1-10(22-15(20)5-2-11-6-7-23-9-11)16(21)19-12-3-4-14(18)13(17)8-12/h2-10H,1H3,(H,19,21)/b5-2+/t10-/m1/s1. The number of hydrogen-bond donors (Lipinski definition) is 1. The summed E-state index contributed by atoms with van der Waals surface area (Å²) in [7, 11) is 0. The molecule has 7 heteroatoms. The van der Waals surface area contributed by atoms with Gasteiger partial charge in [0.25, 0.3) is 5.91 Å². The number of nitrogens with one attached hydrogen (secondary N) is 1. The van der Waals surface area contributed by atoms with Crippen molar-refractivity contribution >= 4 is 46.6 Å². The van der Waals surface area contributed by atoms with E-state index < -0.39 is 23.8 Å². The molecule has 1 atom stereocenters. The smallest absolute Gasteiger partial charge is 0.331 e. The Kier molecular flexibility index (Phi) is 5.90. The van der Waals surface area contributed by atoms with Gasteiger partial charge in [0.05, 0.1) is 5.02 Å². The first-order valence-electron chi connectivity index (χ1n) is 6.62. The summed E-state index contributed by atoms with van der Waals surface area (Å²) in [5.41, 5.74) is 1.20. The van der Waals surface area contributed by atoms with Crippen molar-refractivity contribution in [3.8, 4) is 0 Å². The van der Waals surface area contributed by atoms with Gasteiger partial charge < -0.3 is 10.1 Å². The number of anilines is 1. The predicted molar refractivity (Wildman–Crippen MR) is 88.9 cm³/mol. The first-order valence-corrected chi connectivity index (χ1v) is 7.94. The molecule has 1 aromatic heterocycles. The Morgan fingerprint density at radius 1 is 1.39 bits per heavy atom. The van der Waals surface area contributed by atoms with Crippen molar-refractivity contribution in [3.63, 3.8) is 0 Å². The molecule has 1 amide bonds. The van der Waals surface area contributed by atoms with E-state index >= 15 is 0 Å². The summed E-state index contributed by atoms with van der Waals surface area (Å²) in [6.07, 6.45) is 1.85. The molecule has 1 N–H and O–H groups in total. The maximum atomic E-state index is 13.0. The number of hydrogen-bond acceptors (Lipinski definition) is 4. The van der Waals surface area contributed by atoms with Crippen LogP contribution in [0.15, 0.2) is 41.1 Å². The van der Waals surface area contributed by atoms with Crippen molar-refractivity contribution in [2.75, 3.05) is 5.32 Å². The third kappa shape index (κ3) is 5.19. The van der Waals surface area contributed by atoms with Gasteiger partial charge in [-0.1, -0.05) is 11.6 Å². The predicted octanol–water partition coefficient (Wildman–Crippen LogP) is 4.12. The number of benzene rings is 1. The third-order valence-electron chi connectivity index (χ3n) is 2.80. The summed E-state index contributed by atoms with van der Waals surface area (Å²) >= 11 is 7.14. The van der Waals surface area contributed by atoms with Crippen LogP contribution in [0.25, 0.3) is 6.08 Å². The molecule has 1 aromatic carbocycles. The second-order valence-electron chi connectivity index (χ2n) is 4.59. The van der Waals surface area contributed by atoms with Crippen molar-refractivity contribution in [2.45, 2.75) is 13.0 Å². The summed E-state index contributed by atoms with van der Waals surface area (Å²) in [5.74, 6) is -1.75. The molecule has 0 aliphatic heterocycles. The quantitative estimate of drug-likeness (QED) is 0.649. The fourth-order valence-corrected chi connectivity index (χ4v) is 2.43. The van der Waals surface area contributed by atoms with Gasteiger partial charge in [-0.05, 0) is 53.6 Å². The Morgan fingerprint density at radius 3 is 2.83 bits per heavy atom. The van der Waals surface area contributed by atoms with E-state index in [0.717, 1.165) is 11.6 Å². The number of thiophene rings is 1. The van der Waals surface area contributed by atoms with Crippen LogP contribution >= 0.6 is 22.9 Å². The molecule has 0 bridgehead atoms. The van der Waals surface area contributed by atoms with E-state index in [1.807, 2.05) is 16.8 Å². The van der Waals surface area contributed by atoms with Gasteiger partial charge in [0.15, 0.2) is 6.10 Å². The highest BCUT2D eigenvalue weighted by Gasteiger charge is 2.17. The highest BCUT2D eigenvalue weighted by molar-refractivity contribution is 7.08. The first kappa shape index (κ1) is 17.2. The second kappa shape index (κ2) is 7.89. The molecule has 23 heavy (non-hydrogen) atoms. The lowest BCUT2D eigenvalue weighted by Crippen LogP contribution is -2.29. The molecule has 1 heterocycles. The van der Waals surface area contributed by atoms with Crippen LogP contribution in [0, 0.1) is 5.82 Å². The van der Waals surface area contributed by atoms with Crippen LogP contribution in [0.3, 0.4) is 0 Å². The van der Waals surface area contributed by atoms with E-state index in [9.17, 15) is 14.0 Å². The molecule has 2 rings (SSSR count). The lowest BCUT2D eigenvalue weighted by molar-refractivity contribution is -0.148. The van der Waals surface area contributed by atoms with Crippen molar-refractivity contribution in [2.24, 2.45) is 0 Å². The zero-order chi connectivity index (χ0) is 16.8. The highest BCUT2D eigenvalue weighted by Crippen LogP contribution is 2.19. The molecular weight excluding hydrogens is 341 g/mol. The summed E-state index contributed by atoms with van der Waals surface area (Å²) in [6, 6.07) is 5.63. The van der Waals surface area contributed by atoms with Gasteiger partial charge in [-0.25, -0.2) is 9.18 Å². The number of carbonyl (C=O) groups excluding carboxylic acids is 2. The third-order valence-corrected chi connectivity index (χ3v) is 3.80. The minimum atomic E-state index is -1.00. The lowest BCUT2D eigenvalue weighted by atomic mass is 10.3. The number of amides is 1. The van der Waals surface area contributed by atoms with Crippen molar-refractivity contribution < 1.29 is 18.7 Å². The Labute approximate surface area is 141 Å². The van der Waals surface area contributed by atoms with Crippen LogP contribution in [0.4, 0.5) is 10.1 Å². The maximum Gasteiger partial charge on any atom is 0.331 e. The van der Waals surface area contributed by atoms with Crippen molar-refractivity contribution in [3.05, 3.63) is 57.5 Å². The molecular formula is C16H13ClFNO3S. The molecule has 0 aliphatic rings. The summed E-state index contributed by atoms with van der Waals surface area (Å²) < 4.78 is 18.0. The van der Waals surface area contributed by atoms with Crippen LogP contribution in [0.5, 0.6) is 0 Å². The Morgan fingerprint density at radius 2 is 2.17 bits per heavy atom. The number of carbonyl (C=O) groups is 2. The molecule has 4 nitrogen and oxygen atoms in total. The molecule has 0 spiro atoms. The van der Waals surface area contributed by atoms with Crippen LogP contribution < -0.4 is 5.32 Å². The van der Waals surface area contributed by atoms with Crippen LogP contribution in [0.1, 0.15) is 12.5 Å². The van der Waals surface area contributed by atoms with Gasteiger partial charge in [0.2, 0.25) is 0 Å². The maximum absolute atomic E-state index is 13.0. The van der Waals surface area contributed by atoms with Crippen LogP contribution in [0.2, 0.25) is 5.02 Å². The van der Waals surface area contributed by atoms with Gasteiger partial charge in [-0.2, -0.15) is 11.3 Å². The normalized spacial score (nSPS) is 12.1. The fourth-order valence-electron chi connectivity index (χ4n) is 1.62. The molecule has 0 saturated heterocycles. The number of rotatable bonds is 5. The molecule has 0 saturated carbocycles. The van der Waals surface area contributed by atoms with Crippen LogP contribution in [-0.4, -0.2) is 18.0 Å². The zero-order valence-corrected chi connectivity index (χ0v) is 13.7. The van der Waals surface area contributed by atoms with Gasteiger partial charge in [0, 0.05) is 11.8 Å². The van der Waals surface area contributed by atoms with E-state index in [1.165, 1.54) is 36.5 Å². The van der Waals surface area contributed by atoms with E-state index in [4.69, 9.17) is 16.3 Å². The first-order chi connectivity index (χ1) is 11.0. The SMILES string of the molecule is C[C@@H](OC(=O)/C=C/c1ccsc1)C(=O)Nc1ccc(F)c(Cl)c1. The Hall–Kier alpha value is -2.18. The number of esters is 1. The molecule has 0 unspecified atom stereocenters. The number of ether oxygens (including phenoxy) is 1. The van der Waals surface area contributed by atoms with Gasteiger partial charge in [0.1, 0.15) is 5.82 Å². The summed E-state index contributed by atoms with van der Waals surface area (Å²) in [4.78, 5) is 23.6. The van der Waals surface area contributed by atoms with Crippen molar-refractivity contribution in [1.82, 2.24) is 0 Å². The number of halogens is 2. The molecule has 120 valence electrons. The Balaban J connectivity index is 1.89. The van der Waals surface area contributed by atoms with E-state index in [1.54, 1.807) is 6.08 Å². The van der Waals surface area contributed by atoms with Crippen molar-refractivity contribution in [1.29, 1.82) is 0 Å². The van der Waals surface area contributed by atoms with Gasteiger partial charge in [-0.3, -0.25) is 4.79 Å². The highest BCUT2D eigenvalue weighted by atomic mass is 35.5. The summed E-state index contributed by atoms with van der Waals surface area (Å²) in [5, 5.41) is 6.15. The minimum absolute atomic E-state index is 0.105. The molecule has 0 radical (unpaired) electrons. The summed E-state index contributed by atoms with van der Waals surface area (Å²) in [6.45, 7) is 1.44. The largest absolute Gasteiger partial charge is 0.449 e. The fraction of sp³-hybridized carbons (Fsp3) is 0.125. The van der Waals surface area contributed by atoms with Gasteiger partial charge in [-0.15, -0.1) is 0 Å². The van der Waals surface area contributed by atoms with E-state index in [2.05, 4.69) is 5.32 Å². The minimum Gasteiger partial charge on any atom is -0.449 e. The van der Waals surface area contributed by atoms with E-state index in [-0.39, 0.29) is 5.02 Å². The molecule has 0 aliphatic carbocycles. The average molecular weight is 354 g/mol. The van der Waals surface area contributed by atoms with Crippen LogP contribution in [-0.2, 0) is 14.3 Å². The average Bonchev–Trinajstić information content (AvgIpc) is 3.02. The molecule has 2 aromatic rings. The Bertz CT molecular complexity index is 731. The monoisotopic (exact) mass is 353 g/mol.